The highest BCUT2D eigenvalue weighted by atomic mass is 79.9. The molecule has 0 saturated carbocycles. The van der Waals surface area contributed by atoms with E-state index >= 15 is 0 Å². The zero-order chi connectivity index (χ0) is 12.8. The summed E-state index contributed by atoms with van der Waals surface area (Å²) in [5, 5.41) is 0. The van der Waals surface area contributed by atoms with E-state index in [1.54, 1.807) is 0 Å². The van der Waals surface area contributed by atoms with Crippen molar-refractivity contribution in [3.8, 4) is 0 Å². The molecule has 94 valence electrons. The Kier molecular flexibility index (Phi) is 6.00. The minimum Gasteiger partial charge on any atom is -0.337 e. The molecule has 0 saturated heterocycles. The number of rotatable bonds is 5. The molecule has 1 aromatic carbocycles. The van der Waals surface area contributed by atoms with Gasteiger partial charge < -0.3 is 4.90 Å². The summed E-state index contributed by atoms with van der Waals surface area (Å²) < 4.78 is 0.925. The van der Waals surface area contributed by atoms with Gasteiger partial charge in [-0.15, -0.1) is 11.6 Å². The molecule has 0 aliphatic heterocycles. The van der Waals surface area contributed by atoms with Gasteiger partial charge in [0.15, 0.2) is 0 Å². The number of amides is 1. The molecule has 0 bridgehead atoms. The Hall–Kier alpha value is -0.540. The van der Waals surface area contributed by atoms with Crippen LogP contribution in [-0.4, -0.2) is 29.8 Å². The Balaban J connectivity index is 2.95. The van der Waals surface area contributed by atoms with Crippen LogP contribution in [-0.2, 0) is 0 Å². The van der Waals surface area contributed by atoms with Crippen LogP contribution in [0.2, 0.25) is 0 Å². The molecular formula is C13H17BrClNO. The van der Waals surface area contributed by atoms with Crippen molar-refractivity contribution in [3.05, 3.63) is 33.8 Å². The topological polar surface area (TPSA) is 20.3 Å². The number of alkyl halides is 1. The van der Waals surface area contributed by atoms with Gasteiger partial charge in [0.1, 0.15) is 0 Å². The summed E-state index contributed by atoms with van der Waals surface area (Å²) in [5.41, 5.74) is 1.74. The summed E-state index contributed by atoms with van der Waals surface area (Å²) in [6.45, 7) is 5.35. The Morgan fingerprint density at radius 3 is 2.71 bits per heavy atom. The summed E-state index contributed by atoms with van der Waals surface area (Å²) >= 11 is 9.13. The number of carbonyl (C=O) groups excluding carboxylic acids is 1. The molecule has 1 aromatic rings. The first-order chi connectivity index (χ1) is 8.10. The lowest BCUT2D eigenvalue weighted by molar-refractivity contribution is 0.0765. The molecule has 1 amide bonds. The van der Waals surface area contributed by atoms with Crippen LogP contribution in [0.25, 0.3) is 0 Å². The van der Waals surface area contributed by atoms with Crippen LogP contribution in [0.5, 0.6) is 0 Å². The van der Waals surface area contributed by atoms with Gasteiger partial charge in [-0.1, -0.05) is 28.9 Å². The van der Waals surface area contributed by atoms with Crippen molar-refractivity contribution in [2.45, 2.75) is 20.3 Å². The number of nitrogens with zero attached hydrogens (tertiary/aromatic N) is 1. The van der Waals surface area contributed by atoms with Crippen LogP contribution in [0.3, 0.4) is 0 Å². The third-order valence-corrected chi connectivity index (χ3v) is 3.23. The van der Waals surface area contributed by atoms with Gasteiger partial charge in [0.05, 0.1) is 0 Å². The summed E-state index contributed by atoms with van der Waals surface area (Å²) in [6.07, 6.45) is 0.940. The van der Waals surface area contributed by atoms with E-state index in [9.17, 15) is 4.79 Å². The van der Waals surface area contributed by atoms with Crippen molar-refractivity contribution in [1.29, 1.82) is 0 Å². The highest BCUT2D eigenvalue weighted by molar-refractivity contribution is 9.10. The van der Waals surface area contributed by atoms with E-state index in [2.05, 4.69) is 22.9 Å². The van der Waals surface area contributed by atoms with Gasteiger partial charge in [0, 0.05) is 29.0 Å². The quantitative estimate of drug-likeness (QED) is 0.755. The van der Waals surface area contributed by atoms with Crippen molar-refractivity contribution in [2.24, 2.45) is 0 Å². The molecule has 0 heterocycles. The fourth-order valence-corrected chi connectivity index (χ4v) is 2.25. The van der Waals surface area contributed by atoms with E-state index < -0.39 is 0 Å². The SMILES string of the molecule is CCCN(CCCl)C(=O)c1cc(Br)ccc1C. The van der Waals surface area contributed by atoms with Crippen LogP contribution < -0.4 is 0 Å². The highest BCUT2D eigenvalue weighted by Crippen LogP contribution is 2.18. The average molecular weight is 319 g/mol. The molecule has 0 aliphatic carbocycles. The molecule has 2 nitrogen and oxygen atoms in total. The maximum absolute atomic E-state index is 12.3. The number of halogens is 2. The monoisotopic (exact) mass is 317 g/mol. The molecule has 0 aliphatic rings. The van der Waals surface area contributed by atoms with Crippen LogP contribution in [0.1, 0.15) is 29.3 Å². The van der Waals surface area contributed by atoms with E-state index in [4.69, 9.17) is 11.6 Å². The lowest BCUT2D eigenvalue weighted by Crippen LogP contribution is -2.33. The van der Waals surface area contributed by atoms with E-state index in [-0.39, 0.29) is 5.91 Å². The smallest absolute Gasteiger partial charge is 0.254 e. The predicted molar refractivity (Wildman–Crippen MR) is 75.8 cm³/mol. The van der Waals surface area contributed by atoms with Crippen LogP contribution in [0.4, 0.5) is 0 Å². The number of hydrogen-bond donors (Lipinski definition) is 0. The highest BCUT2D eigenvalue weighted by Gasteiger charge is 2.16. The first kappa shape index (κ1) is 14.5. The van der Waals surface area contributed by atoms with Gasteiger partial charge in [0.2, 0.25) is 0 Å². The third-order valence-electron chi connectivity index (χ3n) is 2.57. The third kappa shape index (κ3) is 4.00. The largest absolute Gasteiger partial charge is 0.337 e. The van der Waals surface area contributed by atoms with Crippen LogP contribution in [0, 0.1) is 6.92 Å². The maximum Gasteiger partial charge on any atom is 0.254 e. The predicted octanol–water partition coefficient (Wildman–Crippen LogP) is 3.85. The Morgan fingerprint density at radius 2 is 2.12 bits per heavy atom. The maximum atomic E-state index is 12.3. The molecule has 4 heteroatoms. The second-order valence-electron chi connectivity index (χ2n) is 3.94. The molecule has 0 atom stereocenters. The first-order valence-electron chi connectivity index (χ1n) is 5.71. The van der Waals surface area contributed by atoms with Gasteiger partial charge in [-0.3, -0.25) is 4.79 Å². The van der Waals surface area contributed by atoms with E-state index in [0.717, 1.165) is 28.6 Å². The Labute approximate surface area is 116 Å². The van der Waals surface area contributed by atoms with Crippen LogP contribution in [0.15, 0.2) is 22.7 Å². The van der Waals surface area contributed by atoms with E-state index in [1.165, 1.54) is 0 Å². The zero-order valence-electron chi connectivity index (χ0n) is 10.2. The fraction of sp³-hybridized carbons (Fsp3) is 0.462. The lowest BCUT2D eigenvalue weighted by Gasteiger charge is -2.22. The summed E-state index contributed by atoms with van der Waals surface area (Å²) in [4.78, 5) is 14.2. The minimum atomic E-state index is 0.0614. The van der Waals surface area contributed by atoms with Gasteiger partial charge in [-0.05, 0) is 31.0 Å². The van der Waals surface area contributed by atoms with Gasteiger partial charge >= 0.3 is 0 Å². The number of carbonyl (C=O) groups is 1. The first-order valence-corrected chi connectivity index (χ1v) is 7.04. The zero-order valence-corrected chi connectivity index (χ0v) is 12.5. The molecule has 0 aromatic heterocycles. The molecule has 17 heavy (non-hydrogen) atoms. The van der Waals surface area contributed by atoms with Crippen molar-refractivity contribution in [3.63, 3.8) is 0 Å². The van der Waals surface area contributed by atoms with Crippen molar-refractivity contribution in [2.75, 3.05) is 19.0 Å². The van der Waals surface area contributed by atoms with Gasteiger partial charge in [-0.25, -0.2) is 0 Å². The van der Waals surface area contributed by atoms with Gasteiger partial charge in [-0.2, -0.15) is 0 Å². The number of aryl methyl sites for hydroxylation is 1. The number of benzene rings is 1. The standard InChI is InChI=1S/C13H17BrClNO/c1-3-7-16(8-6-15)13(17)12-9-11(14)5-4-10(12)2/h4-5,9H,3,6-8H2,1-2H3. The molecule has 0 fully saturated rings. The average Bonchev–Trinajstić information content (AvgIpc) is 2.31. The van der Waals surface area contributed by atoms with Crippen molar-refractivity contribution >= 4 is 33.4 Å². The molecule has 0 spiro atoms. The normalized spacial score (nSPS) is 10.4. The van der Waals surface area contributed by atoms with Crippen molar-refractivity contribution < 1.29 is 4.79 Å². The second kappa shape index (κ2) is 7.02. The molecule has 0 N–H and O–H groups in total. The molecule has 1 rings (SSSR count). The summed E-state index contributed by atoms with van der Waals surface area (Å²) in [6, 6.07) is 5.76. The number of hydrogen-bond acceptors (Lipinski definition) is 1. The Morgan fingerprint density at radius 1 is 1.41 bits per heavy atom. The van der Waals surface area contributed by atoms with E-state index in [1.807, 2.05) is 30.0 Å². The lowest BCUT2D eigenvalue weighted by atomic mass is 10.1. The fourth-order valence-electron chi connectivity index (χ4n) is 1.68. The molecule has 0 unspecified atom stereocenters. The van der Waals surface area contributed by atoms with E-state index in [0.29, 0.717) is 12.4 Å². The minimum absolute atomic E-state index is 0.0614. The van der Waals surface area contributed by atoms with Gasteiger partial charge in [0.25, 0.3) is 5.91 Å². The second-order valence-corrected chi connectivity index (χ2v) is 5.23. The summed E-state index contributed by atoms with van der Waals surface area (Å²) in [7, 11) is 0. The summed E-state index contributed by atoms with van der Waals surface area (Å²) in [5.74, 6) is 0.532. The Bertz CT molecular complexity index is 389. The molecular weight excluding hydrogens is 302 g/mol. The van der Waals surface area contributed by atoms with Crippen LogP contribution >= 0.6 is 27.5 Å². The molecule has 0 radical (unpaired) electrons. The van der Waals surface area contributed by atoms with Crippen molar-refractivity contribution in [1.82, 2.24) is 4.90 Å².